The zero-order valence-electron chi connectivity index (χ0n) is 8.70. The molecule has 15 heavy (non-hydrogen) atoms. The monoisotopic (exact) mass is 235 g/mol. The summed E-state index contributed by atoms with van der Waals surface area (Å²) in [5.41, 5.74) is 0.324. The average Bonchev–Trinajstić information content (AvgIpc) is 2.19. The van der Waals surface area contributed by atoms with Gasteiger partial charge in [-0.25, -0.2) is 0 Å². The van der Waals surface area contributed by atoms with E-state index in [1.165, 1.54) is 0 Å². The first kappa shape index (κ1) is 12.7. The Morgan fingerprint density at radius 1 is 1.33 bits per heavy atom. The Morgan fingerprint density at radius 3 is 2.47 bits per heavy atom. The van der Waals surface area contributed by atoms with Crippen molar-refractivity contribution in [3.63, 3.8) is 0 Å². The third-order valence-electron chi connectivity index (χ3n) is 3.54. The van der Waals surface area contributed by atoms with Gasteiger partial charge >= 0.3 is 5.97 Å². The Hall–Kier alpha value is -0.320. The summed E-state index contributed by atoms with van der Waals surface area (Å²) >= 11 is 0. The van der Waals surface area contributed by atoms with E-state index in [-0.39, 0.29) is 18.4 Å². The van der Waals surface area contributed by atoms with Crippen molar-refractivity contribution in [2.24, 2.45) is 5.41 Å². The summed E-state index contributed by atoms with van der Waals surface area (Å²) in [4.78, 5) is 10.7. The van der Waals surface area contributed by atoms with Crippen LogP contribution in [0.15, 0.2) is 0 Å². The molecule has 0 aliphatic carbocycles. The molecule has 0 aromatic carbocycles. The normalized spacial score (nSPS) is 29.5. The van der Waals surface area contributed by atoms with Crippen LogP contribution in [0.4, 0.5) is 0 Å². The van der Waals surface area contributed by atoms with Gasteiger partial charge < -0.3 is 15.2 Å². The van der Waals surface area contributed by atoms with E-state index < -0.39 is 5.97 Å². The Kier molecular flexibility index (Phi) is 4.37. The van der Waals surface area contributed by atoms with Gasteiger partial charge in [-0.15, -0.1) is 12.4 Å². The molecule has 2 rings (SSSR count). The molecule has 4 nitrogen and oxygen atoms in total. The average molecular weight is 236 g/mol. The number of hydrogen-bond acceptors (Lipinski definition) is 3. The zero-order valence-corrected chi connectivity index (χ0v) is 9.52. The van der Waals surface area contributed by atoms with Gasteiger partial charge in [-0.05, 0) is 31.1 Å². The van der Waals surface area contributed by atoms with E-state index in [9.17, 15) is 4.79 Å². The highest BCUT2D eigenvalue weighted by atomic mass is 35.5. The van der Waals surface area contributed by atoms with Gasteiger partial charge in [-0.2, -0.15) is 0 Å². The highest BCUT2D eigenvalue weighted by Gasteiger charge is 2.38. The molecule has 0 aromatic heterocycles. The second-order valence-corrected chi connectivity index (χ2v) is 4.42. The van der Waals surface area contributed by atoms with E-state index >= 15 is 0 Å². The van der Waals surface area contributed by atoms with E-state index in [2.05, 4.69) is 5.32 Å². The molecule has 1 unspecified atom stereocenters. The lowest BCUT2D eigenvalue weighted by Gasteiger charge is -2.42. The second-order valence-electron chi connectivity index (χ2n) is 4.42. The van der Waals surface area contributed by atoms with Crippen molar-refractivity contribution in [2.75, 3.05) is 19.8 Å². The predicted molar refractivity (Wildman–Crippen MR) is 58.4 cm³/mol. The third-order valence-corrected chi connectivity index (χ3v) is 3.54. The van der Waals surface area contributed by atoms with Gasteiger partial charge in [-0.1, -0.05) is 0 Å². The fourth-order valence-electron chi connectivity index (χ4n) is 2.42. The lowest BCUT2D eigenvalue weighted by Crippen LogP contribution is -2.50. The molecule has 0 radical (unpaired) electrons. The molecule has 5 heteroatoms. The van der Waals surface area contributed by atoms with Crippen molar-refractivity contribution in [3.8, 4) is 0 Å². The third kappa shape index (κ3) is 2.83. The van der Waals surface area contributed by atoms with Crippen LogP contribution in [0.5, 0.6) is 0 Å². The van der Waals surface area contributed by atoms with Gasteiger partial charge in [0, 0.05) is 19.8 Å². The smallest absolute Gasteiger partial charge is 0.320 e. The van der Waals surface area contributed by atoms with Crippen LogP contribution in [0.2, 0.25) is 0 Å². The molecule has 2 fully saturated rings. The number of carboxylic acid groups (broad SMARTS) is 1. The molecule has 0 bridgehead atoms. The van der Waals surface area contributed by atoms with E-state index in [1.54, 1.807) is 0 Å². The molecule has 2 N–H and O–H groups in total. The number of piperidine rings is 1. The molecule has 2 heterocycles. The number of hydrogen-bond donors (Lipinski definition) is 2. The Bertz CT molecular complexity index is 219. The highest BCUT2D eigenvalue weighted by molar-refractivity contribution is 5.85. The minimum Gasteiger partial charge on any atom is -0.480 e. The molecule has 2 aliphatic rings. The van der Waals surface area contributed by atoms with Crippen LogP contribution >= 0.6 is 12.4 Å². The summed E-state index contributed by atoms with van der Waals surface area (Å²) in [7, 11) is 0. The summed E-state index contributed by atoms with van der Waals surface area (Å²) in [5.74, 6) is -0.716. The minimum absolute atomic E-state index is 0. The fraction of sp³-hybridized carbons (Fsp3) is 0.900. The molecule has 2 aliphatic heterocycles. The maximum Gasteiger partial charge on any atom is 0.320 e. The zero-order chi connectivity index (χ0) is 10.0. The van der Waals surface area contributed by atoms with Crippen LogP contribution in [-0.4, -0.2) is 36.9 Å². The van der Waals surface area contributed by atoms with Crippen molar-refractivity contribution in [2.45, 2.75) is 31.7 Å². The van der Waals surface area contributed by atoms with E-state index in [1.807, 2.05) is 0 Å². The summed E-state index contributed by atoms with van der Waals surface area (Å²) in [6, 6.07) is -0.330. The Labute approximate surface area is 95.8 Å². The fourth-order valence-corrected chi connectivity index (χ4v) is 2.42. The Morgan fingerprint density at radius 2 is 2.00 bits per heavy atom. The standard InChI is InChI=1S/C10H17NO3.ClH/c12-9(13)8-1-2-10(7-11-8)3-5-14-6-4-10;/h8,11H,1-7H2,(H,12,13);1H. The molecule has 0 aromatic rings. The first-order valence-electron chi connectivity index (χ1n) is 5.26. The van der Waals surface area contributed by atoms with Gasteiger partial charge in [0.2, 0.25) is 0 Å². The maximum atomic E-state index is 10.7. The molecule has 0 saturated carbocycles. The lowest BCUT2D eigenvalue weighted by molar-refractivity contribution is -0.141. The molecule has 1 spiro atoms. The summed E-state index contributed by atoms with van der Waals surface area (Å²) in [5, 5.41) is 12.0. The van der Waals surface area contributed by atoms with Gasteiger partial charge in [0.1, 0.15) is 6.04 Å². The number of rotatable bonds is 1. The molecule has 0 amide bonds. The van der Waals surface area contributed by atoms with Crippen molar-refractivity contribution >= 4 is 18.4 Å². The summed E-state index contributed by atoms with van der Waals surface area (Å²) in [6.45, 7) is 2.51. The molecular weight excluding hydrogens is 218 g/mol. The summed E-state index contributed by atoms with van der Waals surface area (Å²) in [6.07, 6.45) is 3.94. The van der Waals surface area contributed by atoms with Crippen LogP contribution in [0.3, 0.4) is 0 Å². The van der Waals surface area contributed by atoms with Crippen LogP contribution in [0.25, 0.3) is 0 Å². The Balaban J connectivity index is 0.00000112. The first-order chi connectivity index (χ1) is 6.72. The first-order valence-corrected chi connectivity index (χ1v) is 5.26. The van der Waals surface area contributed by atoms with Crippen LogP contribution in [-0.2, 0) is 9.53 Å². The number of aliphatic carboxylic acids is 1. The van der Waals surface area contributed by atoms with Crippen molar-refractivity contribution < 1.29 is 14.6 Å². The van der Waals surface area contributed by atoms with E-state index in [0.717, 1.165) is 45.4 Å². The molecule has 1 atom stereocenters. The van der Waals surface area contributed by atoms with Crippen LogP contribution in [0.1, 0.15) is 25.7 Å². The molecular formula is C10H18ClNO3. The number of carboxylic acids is 1. The number of nitrogens with one attached hydrogen (secondary N) is 1. The largest absolute Gasteiger partial charge is 0.480 e. The number of halogens is 1. The quantitative estimate of drug-likeness (QED) is 0.713. The van der Waals surface area contributed by atoms with Crippen molar-refractivity contribution in [1.82, 2.24) is 5.32 Å². The van der Waals surface area contributed by atoms with Crippen LogP contribution in [0, 0.1) is 5.41 Å². The van der Waals surface area contributed by atoms with Gasteiger partial charge in [0.15, 0.2) is 0 Å². The van der Waals surface area contributed by atoms with E-state index in [0.29, 0.717) is 5.41 Å². The SMILES string of the molecule is Cl.O=C(O)C1CCC2(CCOCC2)CN1. The van der Waals surface area contributed by atoms with Gasteiger partial charge in [0.05, 0.1) is 0 Å². The topological polar surface area (TPSA) is 58.6 Å². The van der Waals surface area contributed by atoms with Crippen LogP contribution < -0.4 is 5.32 Å². The summed E-state index contributed by atoms with van der Waals surface area (Å²) < 4.78 is 5.33. The highest BCUT2D eigenvalue weighted by Crippen LogP contribution is 2.37. The van der Waals surface area contributed by atoms with Gasteiger partial charge in [0.25, 0.3) is 0 Å². The molecule has 2 saturated heterocycles. The number of ether oxygens (including phenoxy) is 1. The second kappa shape index (κ2) is 5.14. The number of carbonyl (C=O) groups is 1. The molecule has 88 valence electrons. The van der Waals surface area contributed by atoms with Crippen molar-refractivity contribution in [1.29, 1.82) is 0 Å². The van der Waals surface area contributed by atoms with Gasteiger partial charge in [-0.3, -0.25) is 4.79 Å². The predicted octanol–water partition coefficient (Wildman–Crippen LogP) is 1.04. The lowest BCUT2D eigenvalue weighted by atomic mass is 9.73. The maximum absolute atomic E-state index is 10.7. The van der Waals surface area contributed by atoms with Crippen molar-refractivity contribution in [3.05, 3.63) is 0 Å². The van der Waals surface area contributed by atoms with E-state index in [4.69, 9.17) is 9.84 Å². The minimum atomic E-state index is -0.716.